The van der Waals surface area contributed by atoms with Crippen LogP contribution in [0, 0.1) is 11.8 Å². The van der Waals surface area contributed by atoms with Crippen LogP contribution in [0.2, 0.25) is 0 Å². The molecule has 5 nitrogen and oxygen atoms in total. The maximum Gasteiger partial charge on any atom is 0.391 e. The van der Waals surface area contributed by atoms with E-state index in [0.717, 1.165) is 18.8 Å². The zero-order valence-electron chi connectivity index (χ0n) is 15.8. The Hall–Kier alpha value is -1.73. The van der Waals surface area contributed by atoms with E-state index in [1.54, 1.807) is 6.20 Å². The van der Waals surface area contributed by atoms with Crippen LogP contribution in [0.4, 0.5) is 13.2 Å². The maximum atomic E-state index is 13.0. The number of aliphatic imine (C=N–C) groups is 1. The molecule has 0 radical (unpaired) electrons. The van der Waals surface area contributed by atoms with Crippen molar-refractivity contribution in [1.29, 1.82) is 0 Å². The highest BCUT2D eigenvalue weighted by Gasteiger charge is 2.42. The number of guanidine groups is 1. The minimum absolute atomic E-state index is 0.107. The fourth-order valence-electron chi connectivity index (χ4n) is 3.33. The van der Waals surface area contributed by atoms with E-state index in [9.17, 15) is 13.2 Å². The van der Waals surface area contributed by atoms with Crippen LogP contribution < -0.4 is 10.6 Å². The Labute approximate surface area is 153 Å². The third kappa shape index (κ3) is 6.21. The Kier molecular flexibility index (Phi) is 7.34. The van der Waals surface area contributed by atoms with E-state index < -0.39 is 12.1 Å². The van der Waals surface area contributed by atoms with Gasteiger partial charge in [0.2, 0.25) is 0 Å². The van der Waals surface area contributed by atoms with Gasteiger partial charge >= 0.3 is 6.18 Å². The van der Waals surface area contributed by atoms with E-state index in [1.165, 1.54) is 0 Å². The van der Waals surface area contributed by atoms with Crippen molar-refractivity contribution in [1.82, 2.24) is 20.2 Å². The van der Waals surface area contributed by atoms with Crippen LogP contribution in [0.1, 0.15) is 52.3 Å². The van der Waals surface area contributed by atoms with Gasteiger partial charge in [0, 0.05) is 31.5 Å². The van der Waals surface area contributed by atoms with Crippen LogP contribution in [0.15, 0.2) is 17.4 Å². The first kappa shape index (κ1) is 20.6. The average Bonchev–Trinajstić information content (AvgIpc) is 2.98. The third-order valence-corrected chi connectivity index (χ3v) is 4.56. The van der Waals surface area contributed by atoms with Gasteiger partial charge in [0.05, 0.1) is 5.92 Å². The number of halogens is 3. The van der Waals surface area contributed by atoms with Crippen LogP contribution in [-0.4, -0.2) is 34.3 Å². The standard InChI is InChI=1S/C18H30F3N5/c1-4-22-17(24-11-16-23-8-9-26(16)12-13(2)3)25-15-7-5-6-14(10-15)18(19,20)21/h8-9,13-15H,4-7,10-12H2,1-3H3,(H2,22,24,25). The summed E-state index contributed by atoms with van der Waals surface area (Å²) in [6.07, 6.45) is 1.22. The summed E-state index contributed by atoms with van der Waals surface area (Å²) in [5.41, 5.74) is 0. The second kappa shape index (κ2) is 9.28. The number of aromatic nitrogens is 2. The Morgan fingerprint density at radius 3 is 2.81 bits per heavy atom. The van der Waals surface area contributed by atoms with Gasteiger partial charge in [0.25, 0.3) is 0 Å². The van der Waals surface area contributed by atoms with Gasteiger partial charge in [-0.1, -0.05) is 20.3 Å². The molecule has 0 amide bonds. The molecule has 8 heteroatoms. The molecule has 0 spiro atoms. The van der Waals surface area contributed by atoms with Gasteiger partial charge in [-0.25, -0.2) is 9.98 Å². The fraction of sp³-hybridized carbons (Fsp3) is 0.778. The number of rotatable bonds is 6. The van der Waals surface area contributed by atoms with E-state index >= 15 is 0 Å². The molecule has 1 aromatic rings. The van der Waals surface area contributed by atoms with Crippen molar-refractivity contribution in [2.75, 3.05) is 6.54 Å². The zero-order valence-corrected chi connectivity index (χ0v) is 15.8. The number of hydrogen-bond acceptors (Lipinski definition) is 2. The van der Waals surface area contributed by atoms with E-state index in [4.69, 9.17) is 0 Å². The summed E-state index contributed by atoms with van der Waals surface area (Å²) in [6.45, 7) is 8.13. The van der Waals surface area contributed by atoms with Gasteiger partial charge in [-0.05, 0) is 32.1 Å². The second-order valence-corrected chi connectivity index (χ2v) is 7.33. The molecule has 2 N–H and O–H groups in total. The Bertz CT molecular complexity index is 580. The Balaban J connectivity index is 1.99. The minimum atomic E-state index is -4.11. The molecule has 1 aromatic heterocycles. The molecule has 2 rings (SSSR count). The highest BCUT2D eigenvalue weighted by Crippen LogP contribution is 2.37. The normalized spacial score (nSPS) is 21.9. The third-order valence-electron chi connectivity index (χ3n) is 4.56. The molecule has 1 heterocycles. The quantitative estimate of drug-likeness (QED) is 0.590. The first-order chi connectivity index (χ1) is 12.3. The molecule has 1 aliphatic rings. The molecule has 0 bridgehead atoms. The minimum Gasteiger partial charge on any atom is -0.357 e. The number of nitrogens with zero attached hydrogens (tertiary/aromatic N) is 3. The van der Waals surface area contributed by atoms with Crippen LogP contribution in [0.3, 0.4) is 0 Å². The molecule has 1 aliphatic carbocycles. The molecule has 2 atom stereocenters. The van der Waals surface area contributed by atoms with E-state index in [1.807, 2.05) is 13.1 Å². The summed E-state index contributed by atoms with van der Waals surface area (Å²) in [5.74, 6) is 0.688. The molecule has 148 valence electrons. The Morgan fingerprint density at radius 1 is 1.38 bits per heavy atom. The van der Waals surface area contributed by atoms with Gasteiger partial charge < -0.3 is 15.2 Å². The lowest BCUT2D eigenvalue weighted by Crippen LogP contribution is -2.46. The van der Waals surface area contributed by atoms with E-state index in [-0.39, 0.29) is 18.9 Å². The fourth-order valence-corrected chi connectivity index (χ4v) is 3.33. The summed E-state index contributed by atoms with van der Waals surface area (Å²) >= 11 is 0. The van der Waals surface area contributed by atoms with Gasteiger partial charge in [-0.3, -0.25) is 0 Å². The first-order valence-electron chi connectivity index (χ1n) is 9.41. The summed E-state index contributed by atoms with van der Waals surface area (Å²) in [6, 6.07) is -0.205. The molecule has 0 aliphatic heterocycles. The molecule has 1 saturated carbocycles. The summed E-state index contributed by atoms with van der Waals surface area (Å²) in [5, 5.41) is 6.31. The van der Waals surface area contributed by atoms with Gasteiger partial charge in [0.15, 0.2) is 5.96 Å². The predicted octanol–water partition coefficient (Wildman–Crippen LogP) is 3.72. The summed E-state index contributed by atoms with van der Waals surface area (Å²) in [4.78, 5) is 8.88. The lowest BCUT2D eigenvalue weighted by Gasteiger charge is -2.31. The maximum absolute atomic E-state index is 13.0. The number of imidazole rings is 1. The van der Waals surface area contributed by atoms with Crippen molar-refractivity contribution in [3.8, 4) is 0 Å². The van der Waals surface area contributed by atoms with Crippen molar-refractivity contribution >= 4 is 5.96 Å². The molecule has 0 aromatic carbocycles. The SMILES string of the molecule is CCNC(=NCc1nccn1CC(C)C)NC1CCCC(C(F)(F)F)C1. The van der Waals surface area contributed by atoms with Gasteiger partial charge in [-0.15, -0.1) is 0 Å². The van der Waals surface area contributed by atoms with Gasteiger partial charge in [0.1, 0.15) is 12.4 Å². The molecule has 0 saturated heterocycles. The second-order valence-electron chi connectivity index (χ2n) is 7.33. The van der Waals surface area contributed by atoms with Crippen LogP contribution in [0.25, 0.3) is 0 Å². The van der Waals surface area contributed by atoms with Crippen molar-refractivity contribution in [3.05, 3.63) is 18.2 Å². The van der Waals surface area contributed by atoms with E-state index in [2.05, 4.69) is 39.0 Å². The van der Waals surface area contributed by atoms with E-state index in [0.29, 0.717) is 31.4 Å². The highest BCUT2D eigenvalue weighted by molar-refractivity contribution is 5.80. The molecular formula is C18H30F3N5. The highest BCUT2D eigenvalue weighted by atomic mass is 19.4. The number of hydrogen-bond donors (Lipinski definition) is 2. The molecule has 26 heavy (non-hydrogen) atoms. The average molecular weight is 373 g/mol. The molecular weight excluding hydrogens is 343 g/mol. The number of nitrogens with one attached hydrogen (secondary N) is 2. The van der Waals surface area contributed by atoms with Crippen molar-refractivity contribution < 1.29 is 13.2 Å². The van der Waals surface area contributed by atoms with Crippen molar-refractivity contribution in [2.45, 2.75) is 71.8 Å². The lowest BCUT2D eigenvalue weighted by molar-refractivity contribution is -0.183. The number of alkyl halides is 3. The summed E-state index contributed by atoms with van der Waals surface area (Å²) < 4.78 is 41.1. The lowest BCUT2D eigenvalue weighted by atomic mass is 9.85. The zero-order chi connectivity index (χ0) is 19.2. The van der Waals surface area contributed by atoms with Crippen LogP contribution in [-0.2, 0) is 13.1 Å². The predicted molar refractivity (Wildman–Crippen MR) is 96.8 cm³/mol. The summed E-state index contributed by atoms with van der Waals surface area (Å²) in [7, 11) is 0. The van der Waals surface area contributed by atoms with Crippen LogP contribution >= 0.6 is 0 Å². The van der Waals surface area contributed by atoms with Gasteiger partial charge in [-0.2, -0.15) is 13.2 Å². The van der Waals surface area contributed by atoms with Crippen molar-refractivity contribution in [3.63, 3.8) is 0 Å². The topological polar surface area (TPSA) is 54.2 Å². The largest absolute Gasteiger partial charge is 0.391 e. The molecule has 2 unspecified atom stereocenters. The van der Waals surface area contributed by atoms with Crippen molar-refractivity contribution in [2.24, 2.45) is 16.8 Å². The smallest absolute Gasteiger partial charge is 0.357 e. The Morgan fingerprint density at radius 2 is 2.15 bits per heavy atom. The van der Waals surface area contributed by atoms with Crippen LogP contribution in [0.5, 0.6) is 0 Å². The first-order valence-corrected chi connectivity index (χ1v) is 9.41. The monoisotopic (exact) mass is 373 g/mol. The molecule has 1 fully saturated rings.